The van der Waals surface area contributed by atoms with Crippen LogP contribution in [-0.4, -0.2) is 27.8 Å². The number of thioether (sulfide) groups is 1. The molecular weight excluding hydrogens is 452 g/mol. The molecule has 0 aromatic heterocycles. The van der Waals surface area contributed by atoms with Gasteiger partial charge in [-0.05, 0) is 60.3 Å². The van der Waals surface area contributed by atoms with Gasteiger partial charge >= 0.3 is 0 Å². The number of hydrogen-bond acceptors (Lipinski definition) is 5. The van der Waals surface area contributed by atoms with Crippen LogP contribution in [0.1, 0.15) is 22.8 Å². The Balaban J connectivity index is 1.66. The number of hydrazine groups is 1. The number of nitrogens with zero attached hydrogens (tertiary/aromatic N) is 1. The number of ether oxygens (including phenoxy) is 1. The number of thiocarbonyl (C=S) groups is 1. The summed E-state index contributed by atoms with van der Waals surface area (Å²) in [5.41, 5.74) is 3.69. The van der Waals surface area contributed by atoms with E-state index in [1.54, 1.807) is 24.3 Å². The molecule has 1 fully saturated rings. The molecule has 0 radical (unpaired) electrons. The summed E-state index contributed by atoms with van der Waals surface area (Å²) in [6.07, 6.45) is 1.76. The number of rotatable bonds is 5. The highest BCUT2D eigenvalue weighted by Crippen LogP contribution is 2.36. The van der Waals surface area contributed by atoms with Gasteiger partial charge in [0.25, 0.3) is 11.8 Å². The standard InChI is InChI=1S/C23H17ClN2O3S2/c1-2-29-19-11-10-14-6-3-4-9-17(14)18(19)13-20-22(28)26(23(30)31-20)25-21(27)15-7-5-8-16(24)12-15/h3-13H,2H2,1H3,(H,25,27)/b20-13+. The maximum atomic E-state index is 13.0. The molecule has 0 saturated carbocycles. The van der Waals surface area contributed by atoms with Gasteiger partial charge in [-0.3, -0.25) is 15.0 Å². The number of nitrogens with one attached hydrogen (secondary N) is 1. The minimum Gasteiger partial charge on any atom is -0.493 e. The van der Waals surface area contributed by atoms with E-state index in [1.807, 2.05) is 43.3 Å². The predicted octanol–water partition coefficient (Wildman–Crippen LogP) is 5.44. The van der Waals surface area contributed by atoms with E-state index in [4.69, 9.17) is 28.6 Å². The lowest BCUT2D eigenvalue weighted by Crippen LogP contribution is -2.44. The Kier molecular flexibility index (Phi) is 6.27. The third-order valence-electron chi connectivity index (χ3n) is 4.60. The van der Waals surface area contributed by atoms with Crippen molar-refractivity contribution in [2.24, 2.45) is 0 Å². The highest BCUT2D eigenvalue weighted by atomic mass is 35.5. The summed E-state index contributed by atoms with van der Waals surface area (Å²) in [6, 6.07) is 18.2. The Morgan fingerprint density at radius 2 is 2.00 bits per heavy atom. The third-order valence-corrected chi connectivity index (χ3v) is 6.14. The SMILES string of the molecule is CCOc1ccc2ccccc2c1/C=C1/SC(=S)N(NC(=O)c2cccc(Cl)c2)C1=O. The van der Waals surface area contributed by atoms with Crippen LogP contribution in [0.5, 0.6) is 5.75 Å². The maximum absolute atomic E-state index is 13.0. The molecule has 3 aromatic carbocycles. The smallest absolute Gasteiger partial charge is 0.285 e. The van der Waals surface area contributed by atoms with Crippen molar-refractivity contribution in [3.8, 4) is 5.75 Å². The minimum atomic E-state index is -0.472. The normalized spacial score (nSPS) is 15.0. The molecule has 5 nitrogen and oxygen atoms in total. The number of fused-ring (bicyclic) bond motifs is 1. The monoisotopic (exact) mass is 468 g/mol. The fraction of sp³-hybridized carbons (Fsp3) is 0.0870. The van der Waals surface area contributed by atoms with Gasteiger partial charge in [0.2, 0.25) is 0 Å². The van der Waals surface area contributed by atoms with Crippen molar-refractivity contribution >= 4 is 68.6 Å². The second-order valence-electron chi connectivity index (χ2n) is 6.60. The van der Waals surface area contributed by atoms with Gasteiger partial charge < -0.3 is 4.74 Å². The Bertz CT molecular complexity index is 1240. The summed E-state index contributed by atoms with van der Waals surface area (Å²) in [7, 11) is 0. The first-order valence-corrected chi connectivity index (χ1v) is 11.1. The Hall–Kier alpha value is -2.87. The number of benzene rings is 3. The summed E-state index contributed by atoms with van der Waals surface area (Å²) in [5, 5.41) is 3.50. The Morgan fingerprint density at radius 3 is 2.77 bits per heavy atom. The number of halogens is 1. The second-order valence-corrected chi connectivity index (χ2v) is 8.71. The molecule has 0 atom stereocenters. The fourth-order valence-electron chi connectivity index (χ4n) is 3.20. The van der Waals surface area contributed by atoms with Crippen LogP contribution in [0.4, 0.5) is 0 Å². The van der Waals surface area contributed by atoms with Crippen LogP contribution >= 0.6 is 35.6 Å². The van der Waals surface area contributed by atoms with Crippen LogP contribution in [0.15, 0.2) is 65.6 Å². The summed E-state index contributed by atoms with van der Waals surface area (Å²) in [6.45, 7) is 2.40. The molecule has 8 heteroatoms. The number of carbonyl (C=O) groups excluding carboxylic acids is 2. The van der Waals surface area contributed by atoms with Crippen LogP contribution in [0.3, 0.4) is 0 Å². The third kappa shape index (κ3) is 4.44. The first-order valence-electron chi connectivity index (χ1n) is 9.47. The molecule has 3 aromatic rings. The number of hydrogen-bond donors (Lipinski definition) is 1. The van der Waals surface area contributed by atoms with Crippen LogP contribution in [0.2, 0.25) is 5.02 Å². The predicted molar refractivity (Wildman–Crippen MR) is 129 cm³/mol. The molecular formula is C23H17ClN2O3S2. The molecule has 1 saturated heterocycles. The summed E-state index contributed by atoms with van der Waals surface area (Å²) >= 11 is 12.4. The molecule has 1 aliphatic heterocycles. The molecule has 1 N–H and O–H groups in total. The lowest BCUT2D eigenvalue weighted by molar-refractivity contribution is -0.123. The molecule has 1 heterocycles. The van der Waals surface area contributed by atoms with E-state index >= 15 is 0 Å². The van der Waals surface area contributed by atoms with E-state index in [1.165, 1.54) is 6.07 Å². The van der Waals surface area contributed by atoms with E-state index in [0.29, 0.717) is 27.8 Å². The first-order chi connectivity index (χ1) is 15.0. The molecule has 0 unspecified atom stereocenters. The molecule has 2 amide bonds. The van der Waals surface area contributed by atoms with Crippen LogP contribution in [0, 0.1) is 0 Å². The van der Waals surface area contributed by atoms with Crippen molar-refractivity contribution in [3.05, 3.63) is 81.7 Å². The van der Waals surface area contributed by atoms with E-state index in [-0.39, 0.29) is 4.32 Å². The average molecular weight is 469 g/mol. The zero-order chi connectivity index (χ0) is 22.0. The van der Waals surface area contributed by atoms with E-state index in [0.717, 1.165) is 33.1 Å². The Labute approximate surface area is 194 Å². The van der Waals surface area contributed by atoms with Gasteiger partial charge in [-0.25, -0.2) is 0 Å². The highest BCUT2D eigenvalue weighted by molar-refractivity contribution is 8.26. The molecule has 31 heavy (non-hydrogen) atoms. The van der Waals surface area contributed by atoms with Crippen molar-refractivity contribution in [2.75, 3.05) is 6.61 Å². The zero-order valence-electron chi connectivity index (χ0n) is 16.4. The quantitative estimate of drug-likeness (QED) is 0.399. The fourth-order valence-corrected chi connectivity index (χ4v) is 4.55. The van der Waals surface area contributed by atoms with Crippen molar-refractivity contribution in [1.29, 1.82) is 0 Å². The van der Waals surface area contributed by atoms with Crippen molar-refractivity contribution < 1.29 is 14.3 Å². The van der Waals surface area contributed by atoms with Gasteiger partial charge in [-0.2, -0.15) is 5.01 Å². The second kappa shape index (κ2) is 9.09. The first kappa shape index (κ1) is 21.4. The van der Waals surface area contributed by atoms with E-state index in [9.17, 15) is 9.59 Å². The van der Waals surface area contributed by atoms with Crippen LogP contribution in [0.25, 0.3) is 16.8 Å². The van der Waals surface area contributed by atoms with Crippen LogP contribution in [-0.2, 0) is 4.79 Å². The minimum absolute atomic E-state index is 0.241. The average Bonchev–Trinajstić information content (AvgIpc) is 3.02. The topological polar surface area (TPSA) is 58.6 Å². The van der Waals surface area contributed by atoms with Gasteiger partial charge in [-0.1, -0.05) is 59.8 Å². The summed E-state index contributed by atoms with van der Waals surface area (Å²) in [5.74, 6) is -0.199. The van der Waals surface area contributed by atoms with Crippen LogP contribution < -0.4 is 10.2 Å². The maximum Gasteiger partial charge on any atom is 0.285 e. The van der Waals surface area contributed by atoms with Gasteiger partial charge in [0.1, 0.15) is 5.75 Å². The molecule has 0 spiro atoms. The molecule has 0 aliphatic carbocycles. The zero-order valence-corrected chi connectivity index (χ0v) is 18.8. The van der Waals surface area contributed by atoms with Gasteiger partial charge in [-0.15, -0.1) is 0 Å². The summed E-state index contributed by atoms with van der Waals surface area (Å²) < 4.78 is 6.02. The highest BCUT2D eigenvalue weighted by Gasteiger charge is 2.34. The Morgan fingerprint density at radius 1 is 1.19 bits per heavy atom. The molecule has 4 rings (SSSR count). The lowest BCUT2D eigenvalue weighted by atomic mass is 10.0. The van der Waals surface area contributed by atoms with Gasteiger partial charge in [0, 0.05) is 16.1 Å². The molecule has 1 aliphatic rings. The van der Waals surface area contributed by atoms with E-state index in [2.05, 4.69) is 5.43 Å². The number of amides is 2. The van der Waals surface area contributed by atoms with E-state index < -0.39 is 11.8 Å². The molecule has 0 bridgehead atoms. The lowest BCUT2D eigenvalue weighted by Gasteiger charge is -2.15. The van der Waals surface area contributed by atoms with Gasteiger partial charge in [0.15, 0.2) is 4.32 Å². The number of carbonyl (C=O) groups is 2. The van der Waals surface area contributed by atoms with Crippen molar-refractivity contribution in [2.45, 2.75) is 6.92 Å². The van der Waals surface area contributed by atoms with Gasteiger partial charge in [0.05, 0.1) is 11.5 Å². The van der Waals surface area contributed by atoms with Crippen molar-refractivity contribution in [3.63, 3.8) is 0 Å². The largest absolute Gasteiger partial charge is 0.493 e. The van der Waals surface area contributed by atoms with Crippen molar-refractivity contribution in [1.82, 2.24) is 10.4 Å². The molecule has 156 valence electrons. The summed E-state index contributed by atoms with van der Waals surface area (Å²) in [4.78, 5) is 26.0.